The van der Waals surface area contributed by atoms with Gasteiger partial charge in [-0.05, 0) is 63.1 Å². The van der Waals surface area contributed by atoms with Crippen molar-refractivity contribution in [2.75, 3.05) is 4.90 Å². The van der Waals surface area contributed by atoms with E-state index in [1.165, 1.54) is 5.70 Å². The van der Waals surface area contributed by atoms with Crippen LogP contribution in [0.1, 0.15) is 56.0 Å². The highest BCUT2D eigenvalue weighted by atomic mass is 35.5. The van der Waals surface area contributed by atoms with E-state index in [4.69, 9.17) is 16.9 Å². The zero-order valence-corrected chi connectivity index (χ0v) is 17.3. The van der Waals surface area contributed by atoms with E-state index in [9.17, 15) is 0 Å². The summed E-state index contributed by atoms with van der Waals surface area (Å²) in [6.07, 6.45) is 2.10. The molecular weight excluding hydrogens is 366 g/mol. The Bertz CT molecular complexity index is 987. The van der Waals surface area contributed by atoms with Gasteiger partial charge in [-0.1, -0.05) is 35.6 Å². The average Bonchev–Trinajstić information content (AvgIpc) is 2.97. The highest BCUT2D eigenvalue weighted by Gasteiger charge is 2.30. The van der Waals surface area contributed by atoms with Gasteiger partial charge < -0.3 is 10.2 Å². The molecule has 4 heteroatoms. The first-order valence-electron chi connectivity index (χ1n) is 9.46. The van der Waals surface area contributed by atoms with Crippen LogP contribution in [0.3, 0.4) is 0 Å². The van der Waals surface area contributed by atoms with Crippen LogP contribution >= 0.6 is 11.6 Å². The van der Waals surface area contributed by atoms with Gasteiger partial charge in [-0.15, -0.1) is 0 Å². The molecule has 0 radical (unpaired) electrons. The lowest BCUT2D eigenvalue weighted by molar-refractivity contribution is 0.645. The Balaban J connectivity index is 1.84. The Hall–Kier alpha value is -2.88. The number of allylic oxidation sites excluding steroid dienone is 2. The van der Waals surface area contributed by atoms with Crippen molar-refractivity contribution in [1.29, 1.82) is 5.26 Å². The van der Waals surface area contributed by atoms with Gasteiger partial charge >= 0.3 is 0 Å². The standard InChI is InChI=1S/C24H24ClN3/c1-17-9-14-22(23(25)16-17)24-27-18(2)19(3)28(24)21-12-10-20(11-13-21)8-6-4-5-7-15-26/h9-14,16,24,27H,4-5,7H2,1-3H3. The number of hydrogen-bond acceptors (Lipinski definition) is 3. The summed E-state index contributed by atoms with van der Waals surface area (Å²) < 4.78 is 0. The molecule has 1 aliphatic rings. The second kappa shape index (κ2) is 8.87. The summed E-state index contributed by atoms with van der Waals surface area (Å²) in [5.41, 5.74) is 6.61. The summed E-state index contributed by atoms with van der Waals surface area (Å²) in [6.45, 7) is 6.25. The average molecular weight is 390 g/mol. The minimum absolute atomic E-state index is 0.0315. The Morgan fingerprint density at radius 1 is 1.07 bits per heavy atom. The molecule has 3 nitrogen and oxygen atoms in total. The molecule has 0 spiro atoms. The minimum Gasteiger partial charge on any atom is -0.363 e. The highest BCUT2D eigenvalue weighted by molar-refractivity contribution is 6.31. The Labute approximate surface area is 172 Å². The largest absolute Gasteiger partial charge is 0.363 e. The maximum atomic E-state index is 8.57. The lowest BCUT2D eigenvalue weighted by Gasteiger charge is -2.29. The van der Waals surface area contributed by atoms with Gasteiger partial charge in [0.1, 0.15) is 6.17 Å². The van der Waals surface area contributed by atoms with Crippen molar-refractivity contribution >= 4 is 17.3 Å². The normalized spacial score (nSPS) is 15.7. The van der Waals surface area contributed by atoms with Crippen molar-refractivity contribution in [1.82, 2.24) is 5.32 Å². The molecule has 0 amide bonds. The van der Waals surface area contributed by atoms with Gasteiger partial charge in [-0.2, -0.15) is 5.26 Å². The fraction of sp³-hybridized carbons (Fsp3) is 0.292. The Morgan fingerprint density at radius 2 is 1.82 bits per heavy atom. The fourth-order valence-corrected chi connectivity index (χ4v) is 3.63. The summed E-state index contributed by atoms with van der Waals surface area (Å²) in [6, 6.07) is 16.6. The number of unbranched alkanes of at least 4 members (excludes halogenated alkanes) is 2. The lowest BCUT2D eigenvalue weighted by Crippen LogP contribution is -2.29. The van der Waals surface area contributed by atoms with E-state index in [2.05, 4.69) is 66.2 Å². The number of hydrogen-bond donors (Lipinski definition) is 1. The molecule has 1 aliphatic heterocycles. The predicted molar refractivity (Wildman–Crippen MR) is 116 cm³/mol. The van der Waals surface area contributed by atoms with Crippen LogP contribution in [-0.2, 0) is 0 Å². The molecule has 28 heavy (non-hydrogen) atoms. The summed E-state index contributed by atoms with van der Waals surface area (Å²) in [7, 11) is 0. The first-order valence-corrected chi connectivity index (χ1v) is 9.84. The van der Waals surface area contributed by atoms with Gasteiger partial charge in [0.25, 0.3) is 0 Å². The molecule has 2 aromatic rings. The number of benzene rings is 2. The van der Waals surface area contributed by atoms with E-state index in [1.54, 1.807) is 0 Å². The van der Waals surface area contributed by atoms with E-state index < -0.39 is 0 Å². The number of aryl methyl sites for hydroxylation is 1. The number of nitrogens with one attached hydrogen (secondary N) is 1. The SMILES string of the molecule is CC1=C(C)N(c2ccc(C#CCCCC#N)cc2)C(c2ccc(C)cc2Cl)N1. The molecule has 0 aromatic heterocycles. The monoisotopic (exact) mass is 389 g/mol. The molecule has 0 bridgehead atoms. The van der Waals surface area contributed by atoms with Gasteiger partial charge in [0.2, 0.25) is 0 Å². The van der Waals surface area contributed by atoms with Crippen molar-refractivity contribution in [2.45, 2.75) is 46.2 Å². The molecule has 142 valence electrons. The zero-order chi connectivity index (χ0) is 20.1. The maximum absolute atomic E-state index is 8.57. The molecule has 2 aromatic carbocycles. The third kappa shape index (κ3) is 4.33. The van der Waals surface area contributed by atoms with E-state index in [0.717, 1.165) is 45.9 Å². The molecule has 0 fully saturated rings. The quantitative estimate of drug-likeness (QED) is 0.510. The Kier molecular flexibility index (Phi) is 6.30. The van der Waals surface area contributed by atoms with Crippen LogP contribution in [0.5, 0.6) is 0 Å². The zero-order valence-electron chi connectivity index (χ0n) is 16.5. The van der Waals surface area contributed by atoms with Gasteiger partial charge in [-0.3, -0.25) is 0 Å². The summed E-state index contributed by atoms with van der Waals surface area (Å²) >= 11 is 6.55. The predicted octanol–water partition coefficient (Wildman–Crippen LogP) is 6.05. The van der Waals surface area contributed by atoms with E-state index >= 15 is 0 Å². The minimum atomic E-state index is -0.0315. The second-order valence-electron chi connectivity index (χ2n) is 7.01. The molecule has 1 N–H and O–H groups in total. The molecule has 1 heterocycles. The third-order valence-corrected chi connectivity index (χ3v) is 5.26. The van der Waals surface area contributed by atoms with Gasteiger partial charge in [0, 0.05) is 46.1 Å². The number of nitrogens with zero attached hydrogens (tertiary/aromatic N) is 2. The topological polar surface area (TPSA) is 39.1 Å². The molecule has 3 rings (SSSR count). The molecular formula is C24H24ClN3. The van der Waals surface area contributed by atoms with Crippen LogP contribution in [0.25, 0.3) is 0 Å². The van der Waals surface area contributed by atoms with Crippen LogP contribution in [0.15, 0.2) is 53.9 Å². The first kappa shape index (κ1) is 19.9. The van der Waals surface area contributed by atoms with Crippen molar-refractivity contribution in [3.63, 3.8) is 0 Å². The van der Waals surface area contributed by atoms with E-state index in [0.29, 0.717) is 6.42 Å². The first-order chi connectivity index (χ1) is 13.5. The molecule has 1 atom stereocenters. The van der Waals surface area contributed by atoms with E-state index in [1.807, 2.05) is 25.1 Å². The number of halogens is 1. The summed E-state index contributed by atoms with van der Waals surface area (Å²) in [5, 5.41) is 12.9. The molecule has 1 unspecified atom stereocenters. The number of rotatable bonds is 4. The van der Waals surface area contributed by atoms with Crippen molar-refractivity contribution in [3.05, 3.63) is 75.6 Å². The smallest absolute Gasteiger partial charge is 0.131 e. The molecule has 0 saturated heterocycles. The van der Waals surface area contributed by atoms with Gasteiger partial charge in [0.05, 0.1) is 6.07 Å². The van der Waals surface area contributed by atoms with Crippen LogP contribution in [-0.4, -0.2) is 0 Å². The number of nitriles is 1. The molecule has 0 aliphatic carbocycles. The van der Waals surface area contributed by atoms with Gasteiger partial charge in [0.15, 0.2) is 0 Å². The molecule has 0 saturated carbocycles. The number of anilines is 1. The van der Waals surface area contributed by atoms with E-state index in [-0.39, 0.29) is 6.17 Å². The Morgan fingerprint density at radius 3 is 2.50 bits per heavy atom. The fourth-order valence-electron chi connectivity index (χ4n) is 3.29. The third-order valence-electron chi connectivity index (χ3n) is 4.93. The highest BCUT2D eigenvalue weighted by Crippen LogP contribution is 2.38. The van der Waals surface area contributed by atoms with Gasteiger partial charge in [-0.25, -0.2) is 0 Å². The second-order valence-corrected chi connectivity index (χ2v) is 7.42. The van der Waals surface area contributed by atoms with Crippen molar-refractivity contribution < 1.29 is 0 Å². The van der Waals surface area contributed by atoms with Crippen LogP contribution in [0.2, 0.25) is 5.02 Å². The van der Waals surface area contributed by atoms with Crippen LogP contribution in [0, 0.1) is 30.1 Å². The summed E-state index contributed by atoms with van der Waals surface area (Å²) in [5.74, 6) is 6.31. The van der Waals surface area contributed by atoms with Crippen molar-refractivity contribution in [3.8, 4) is 17.9 Å². The van der Waals surface area contributed by atoms with Crippen molar-refractivity contribution in [2.24, 2.45) is 0 Å². The lowest BCUT2D eigenvalue weighted by atomic mass is 10.1. The summed E-state index contributed by atoms with van der Waals surface area (Å²) in [4.78, 5) is 2.27. The van der Waals surface area contributed by atoms with Crippen LogP contribution in [0.4, 0.5) is 5.69 Å². The maximum Gasteiger partial charge on any atom is 0.131 e. The van der Waals surface area contributed by atoms with Crippen LogP contribution < -0.4 is 10.2 Å².